The van der Waals surface area contributed by atoms with Gasteiger partial charge in [0.1, 0.15) is 0 Å². The molecule has 2 atom stereocenters. The summed E-state index contributed by atoms with van der Waals surface area (Å²) in [6, 6.07) is 5.68. The van der Waals surface area contributed by atoms with Crippen LogP contribution in [0, 0.1) is 0 Å². The van der Waals surface area contributed by atoms with Crippen molar-refractivity contribution in [2.45, 2.75) is 38.4 Å². The molecule has 1 aromatic rings. The minimum absolute atomic E-state index is 0.316. The normalized spacial score (nSPS) is 28.9. The van der Waals surface area contributed by atoms with Gasteiger partial charge in [-0.25, -0.2) is 0 Å². The van der Waals surface area contributed by atoms with Gasteiger partial charge in [-0.15, -0.1) is 11.3 Å². The molecule has 0 spiro atoms. The summed E-state index contributed by atoms with van der Waals surface area (Å²) in [6.45, 7) is 5.64. The van der Waals surface area contributed by atoms with E-state index in [1.165, 1.54) is 4.88 Å². The van der Waals surface area contributed by atoms with E-state index < -0.39 is 0 Å². The topological polar surface area (TPSA) is 29.3 Å². The molecule has 0 aliphatic carbocycles. The van der Waals surface area contributed by atoms with Crippen molar-refractivity contribution < 1.29 is 0 Å². The van der Waals surface area contributed by atoms with Gasteiger partial charge in [-0.05, 0) is 31.7 Å². The van der Waals surface area contributed by atoms with E-state index in [4.69, 9.17) is 5.73 Å². The number of nitrogens with two attached hydrogens (primary N) is 1. The molecule has 0 bridgehead atoms. The summed E-state index contributed by atoms with van der Waals surface area (Å²) in [4.78, 5) is 3.93. The number of rotatable bonds is 2. The fourth-order valence-electron chi connectivity index (χ4n) is 2.25. The molecule has 14 heavy (non-hydrogen) atoms. The maximum Gasteiger partial charge on any atom is 0.0596 e. The maximum absolute atomic E-state index is 6.16. The van der Waals surface area contributed by atoms with E-state index >= 15 is 0 Å². The van der Waals surface area contributed by atoms with E-state index in [1.54, 1.807) is 0 Å². The maximum atomic E-state index is 6.16. The predicted molar refractivity (Wildman–Crippen MR) is 61.5 cm³/mol. The molecular formula is C11H18N2S. The number of likely N-dealkylation sites (tertiary alicyclic amines) is 1. The lowest BCUT2D eigenvalue weighted by Gasteiger charge is -2.29. The summed E-state index contributed by atoms with van der Waals surface area (Å²) in [5.74, 6) is 0. The predicted octanol–water partition coefficient (Wildman–Crippen LogP) is 2.23. The van der Waals surface area contributed by atoms with Crippen molar-refractivity contribution in [1.29, 1.82) is 0 Å². The summed E-state index contributed by atoms with van der Waals surface area (Å²) in [5, 5.41) is 2.14. The number of thiophene rings is 1. The Kier molecular flexibility index (Phi) is 2.91. The highest BCUT2D eigenvalue weighted by atomic mass is 32.1. The molecule has 1 saturated heterocycles. The van der Waals surface area contributed by atoms with Crippen LogP contribution >= 0.6 is 11.3 Å². The van der Waals surface area contributed by atoms with Crippen LogP contribution in [0.5, 0.6) is 0 Å². The molecule has 1 aromatic heterocycles. The minimum Gasteiger partial charge on any atom is -0.326 e. The largest absolute Gasteiger partial charge is 0.326 e. The molecule has 2 N–H and O–H groups in total. The van der Waals surface area contributed by atoms with E-state index in [2.05, 4.69) is 36.3 Å². The van der Waals surface area contributed by atoms with Gasteiger partial charge in [-0.2, -0.15) is 0 Å². The first-order valence-electron chi connectivity index (χ1n) is 5.25. The third-order valence-corrected chi connectivity index (χ3v) is 3.92. The lowest BCUT2D eigenvalue weighted by atomic mass is 10.1. The third-order valence-electron chi connectivity index (χ3n) is 2.98. The van der Waals surface area contributed by atoms with E-state index in [9.17, 15) is 0 Å². The second-order valence-corrected chi connectivity index (χ2v) is 5.22. The van der Waals surface area contributed by atoms with Gasteiger partial charge in [-0.3, -0.25) is 4.90 Å². The van der Waals surface area contributed by atoms with Crippen LogP contribution in [0.3, 0.4) is 0 Å². The van der Waals surface area contributed by atoms with E-state index in [0.29, 0.717) is 18.1 Å². The van der Waals surface area contributed by atoms with Crippen molar-refractivity contribution in [2.75, 3.05) is 6.54 Å². The van der Waals surface area contributed by atoms with Crippen molar-refractivity contribution >= 4 is 11.3 Å². The Morgan fingerprint density at radius 1 is 1.57 bits per heavy atom. The first-order chi connectivity index (χ1) is 6.70. The first kappa shape index (κ1) is 10.1. The molecule has 1 fully saturated rings. The number of hydrogen-bond acceptors (Lipinski definition) is 3. The van der Waals surface area contributed by atoms with Gasteiger partial charge in [0.15, 0.2) is 0 Å². The zero-order valence-electron chi connectivity index (χ0n) is 8.81. The highest BCUT2D eigenvalue weighted by Gasteiger charge is 2.34. The number of nitrogens with zero attached hydrogens (tertiary/aromatic N) is 1. The molecule has 1 aliphatic heterocycles. The van der Waals surface area contributed by atoms with Crippen molar-refractivity contribution in [3.05, 3.63) is 22.4 Å². The molecule has 2 rings (SSSR count). The Morgan fingerprint density at radius 2 is 2.36 bits per heavy atom. The van der Waals surface area contributed by atoms with Crippen LogP contribution in [0.15, 0.2) is 17.5 Å². The van der Waals surface area contributed by atoms with Crippen LogP contribution in [0.1, 0.15) is 31.2 Å². The fraction of sp³-hybridized carbons (Fsp3) is 0.636. The molecule has 2 unspecified atom stereocenters. The molecule has 2 heterocycles. The van der Waals surface area contributed by atoms with Crippen LogP contribution in [-0.2, 0) is 0 Å². The smallest absolute Gasteiger partial charge is 0.0596 e. The summed E-state index contributed by atoms with van der Waals surface area (Å²) < 4.78 is 0. The summed E-state index contributed by atoms with van der Waals surface area (Å²) in [6.07, 6.45) is 1.13. The van der Waals surface area contributed by atoms with E-state index in [1.807, 2.05) is 11.3 Å². The van der Waals surface area contributed by atoms with Crippen LogP contribution in [0.2, 0.25) is 0 Å². The highest BCUT2D eigenvalue weighted by Crippen LogP contribution is 2.34. The van der Waals surface area contributed by atoms with Gasteiger partial charge >= 0.3 is 0 Å². The Labute approximate surface area is 89.7 Å². The molecule has 0 aromatic carbocycles. The van der Waals surface area contributed by atoms with Crippen LogP contribution in [-0.4, -0.2) is 23.5 Å². The zero-order chi connectivity index (χ0) is 10.1. The van der Waals surface area contributed by atoms with Gasteiger partial charge in [0.25, 0.3) is 0 Å². The monoisotopic (exact) mass is 210 g/mol. The second kappa shape index (κ2) is 4.01. The molecule has 0 amide bonds. The Balaban J connectivity index is 2.22. The van der Waals surface area contributed by atoms with Crippen molar-refractivity contribution in [3.63, 3.8) is 0 Å². The molecule has 3 heteroatoms. The highest BCUT2D eigenvalue weighted by molar-refractivity contribution is 7.10. The molecule has 0 radical (unpaired) electrons. The number of hydrogen-bond donors (Lipinski definition) is 1. The van der Waals surface area contributed by atoms with Gasteiger partial charge in [0.05, 0.1) is 6.04 Å². The molecule has 0 saturated carbocycles. The van der Waals surface area contributed by atoms with Crippen LogP contribution in [0.25, 0.3) is 0 Å². The Hall–Kier alpha value is -0.380. The van der Waals surface area contributed by atoms with Gasteiger partial charge in [0, 0.05) is 23.5 Å². The van der Waals surface area contributed by atoms with Gasteiger partial charge in [-0.1, -0.05) is 6.07 Å². The molecule has 2 nitrogen and oxygen atoms in total. The SMILES string of the molecule is CC(C)N1CCC(N)C1c1cccs1. The van der Waals surface area contributed by atoms with Crippen molar-refractivity contribution in [1.82, 2.24) is 4.90 Å². The standard InChI is InChI=1S/C11H18N2S/c1-8(2)13-6-5-9(12)11(13)10-4-3-7-14-10/h3-4,7-9,11H,5-6,12H2,1-2H3. The van der Waals surface area contributed by atoms with Gasteiger partial charge < -0.3 is 5.73 Å². The molecule has 1 aliphatic rings. The lowest BCUT2D eigenvalue weighted by Crippen LogP contribution is -2.35. The van der Waals surface area contributed by atoms with Gasteiger partial charge in [0.2, 0.25) is 0 Å². The average molecular weight is 210 g/mol. The van der Waals surface area contributed by atoms with Crippen LogP contribution in [0.4, 0.5) is 0 Å². The third kappa shape index (κ3) is 1.72. The van der Waals surface area contributed by atoms with E-state index in [0.717, 1.165) is 13.0 Å². The Bertz CT molecular complexity index is 281. The van der Waals surface area contributed by atoms with E-state index in [-0.39, 0.29) is 0 Å². The average Bonchev–Trinajstić information content (AvgIpc) is 2.71. The summed E-state index contributed by atoms with van der Waals surface area (Å²) in [7, 11) is 0. The Morgan fingerprint density at radius 3 is 2.93 bits per heavy atom. The second-order valence-electron chi connectivity index (χ2n) is 4.24. The summed E-state index contributed by atoms with van der Waals surface area (Å²) in [5.41, 5.74) is 6.16. The fourth-order valence-corrected chi connectivity index (χ4v) is 3.18. The molecule has 78 valence electrons. The zero-order valence-corrected chi connectivity index (χ0v) is 9.63. The first-order valence-corrected chi connectivity index (χ1v) is 6.13. The van der Waals surface area contributed by atoms with Crippen molar-refractivity contribution in [3.8, 4) is 0 Å². The van der Waals surface area contributed by atoms with Crippen LogP contribution < -0.4 is 5.73 Å². The molecular weight excluding hydrogens is 192 g/mol. The lowest BCUT2D eigenvalue weighted by molar-refractivity contribution is 0.201. The minimum atomic E-state index is 0.316. The quantitative estimate of drug-likeness (QED) is 0.811. The van der Waals surface area contributed by atoms with Crippen molar-refractivity contribution in [2.24, 2.45) is 5.73 Å². The summed E-state index contributed by atoms with van der Waals surface area (Å²) >= 11 is 1.82.